The fourth-order valence-electron chi connectivity index (χ4n) is 2.90. The Bertz CT molecular complexity index is 479. The minimum absolute atomic E-state index is 0.0673. The number of rotatable bonds is 7. The summed E-state index contributed by atoms with van der Waals surface area (Å²) in [6, 6.07) is 0. The lowest BCUT2D eigenvalue weighted by molar-refractivity contribution is -0.120. The third-order valence-corrected chi connectivity index (χ3v) is 6.07. The predicted octanol–water partition coefficient (Wildman–Crippen LogP) is 1.81. The van der Waals surface area contributed by atoms with Gasteiger partial charge >= 0.3 is 0 Å². The molecular formula is C15H26N2O3S. The van der Waals surface area contributed by atoms with Crippen molar-refractivity contribution in [3.63, 3.8) is 0 Å². The zero-order chi connectivity index (χ0) is 15.1. The lowest BCUT2D eigenvalue weighted by Crippen LogP contribution is -2.33. The summed E-state index contributed by atoms with van der Waals surface area (Å²) < 4.78 is 25.5. The number of nitrogens with zero attached hydrogens (tertiary/aromatic N) is 1. The first-order valence-corrected chi connectivity index (χ1v) is 9.61. The van der Waals surface area contributed by atoms with E-state index >= 15 is 0 Å². The number of amides is 1. The van der Waals surface area contributed by atoms with Crippen LogP contribution in [0, 0.1) is 0 Å². The Labute approximate surface area is 127 Å². The van der Waals surface area contributed by atoms with Crippen LogP contribution in [0.4, 0.5) is 0 Å². The van der Waals surface area contributed by atoms with Gasteiger partial charge in [0.2, 0.25) is 15.9 Å². The third kappa shape index (κ3) is 5.43. The SMILES string of the molecule is O=C(CCS(=O)(=O)N1CCCC1)NCCC1=CCCCC1. The molecule has 0 aromatic rings. The minimum atomic E-state index is -3.24. The molecule has 1 amide bonds. The van der Waals surface area contributed by atoms with Crippen LogP contribution < -0.4 is 5.32 Å². The van der Waals surface area contributed by atoms with Crippen molar-refractivity contribution in [2.45, 2.75) is 51.4 Å². The number of carbonyl (C=O) groups is 1. The molecular weight excluding hydrogens is 288 g/mol. The second-order valence-electron chi connectivity index (χ2n) is 5.88. The first kappa shape index (κ1) is 16.5. The second-order valence-corrected chi connectivity index (χ2v) is 7.97. The summed E-state index contributed by atoms with van der Waals surface area (Å²) >= 11 is 0. The minimum Gasteiger partial charge on any atom is -0.356 e. The highest BCUT2D eigenvalue weighted by Gasteiger charge is 2.25. The summed E-state index contributed by atoms with van der Waals surface area (Å²) in [6.07, 6.45) is 9.89. The van der Waals surface area contributed by atoms with Crippen LogP contribution in [0.3, 0.4) is 0 Å². The Morgan fingerprint density at radius 1 is 1.19 bits per heavy atom. The fourth-order valence-corrected chi connectivity index (χ4v) is 4.42. The number of allylic oxidation sites excluding steroid dienone is 1. The highest BCUT2D eigenvalue weighted by atomic mass is 32.2. The Kier molecular flexibility index (Phi) is 6.23. The van der Waals surface area contributed by atoms with Crippen LogP contribution in [0.1, 0.15) is 51.4 Å². The zero-order valence-corrected chi connectivity index (χ0v) is 13.5. The van der Waals surface area contributed by atoms with Crippen molar-refractivity contribution >= 4 is 15.9 Å². The van der Waals surface area contributed by atoms with Gasteiger partial charge in [0, 0.05) is 26.1 Å². The van der Waals surface area contributed by atoms with Crippen molar-refractivity contribution in [3.05, 3.63) is 11.6 Å². The van der Waals surface area contributed by atoms with E-state index in [0.717, 1.165) is 32.1 Å². The molecule has 0 spiro atoms. The molecule has 0 aromatic heterocycles. The van der Waals surface area contributed by atoms with Crippen molar-refractivity contribution in [1.29, 1.82) is 0 Å². The van der Waals surface area contributed by atoms with Gasteiger partial charge in [-0.2, -0.15) is 0 Å². The molecule has 1 N–H and O–H groups in total. The largest absolute Gasteiger partial charge is 0.356 e. The molecule has 0 unspecified atom stereocenters. The van der Waals surface area contributed by atoms with Gasteiger partial charge in [-0.15, -0.1) is 0 Å². The zero-order valence-electron chi connectivity index (χ0n) is 12.6. The molecule has 1 saturated heterocycles. The van der Waals surface area contributed by atoms with E-state index in [2.05, 4.69) is 11.4 Å². The molecule has 0 aromatic carbocycles. The smallest absolute Gasteiger partial charge is 0.221 e. The average Bonchev–Trinajstić information content (AvgIpc) is 3.01. The summed E-state index contributed by atoms with van der Waals surface area (Å²) in [7, 11) is -3.24. The van der Waals surface area contributed by atoms with E-state index in [9.17, 15) is 13.2 Å². The van der Waals surface area contributed by atoms with Crippen molar-refractivity contribution < 1.29 is 13.2 Å². The molecule has 0 radical (unpaired) electrons. The van der Waals surface area contributed by atoms with Crippen LogP contribution in [-0.2, 0) is 14.8 Å². The molecule has 2 aliphatic rings. The van der Waals surface area contributed by atoms with E-state index in [1.807, 2.05) is 0 Å². The number of nitrogens with one attached hydrogen (secondary N) is 1. The van der Waals surface area contributed by atoms with E-state index in [0.29, 0.717) is 19.6 Å². The molecule has 1 aliphatic heterocycles. The average molecular weight is 314 g/mol. The van der Waals surface area contributed by atoms with E-state index in [4.69, 9.17) is 0 Å². The fraction of sp³-hybridized carbons (Fsp3) is 0.800. The van der Waals surface area contributed by atoms with E-state index in [1.54, 1.807) is 0 Å². The quantitative estimate of drug-likeness (QED) is 0.729. The van der Waals surface area contributed by atoms with Gasteiger partial charge in [0.15, 0.2) is 0 Å². The van der Waals surface area contributed by atoms with Crippen LogP contribution in [0.2, 0.25) is 0 Å². The first-order chi connectivity index (χ1) is 10.1. The van der Waals surface area contributed by atoms with Gasteiger partial charge in [-0.05, 0) is 44.9 Å². The lowest BCUT2D eigenvalue weighted by atomic mass is 9.97. The standard InChI is InChI=1S/C15H26N2O3S/c18-15(16-10-8-14-6-2-1-3-7-14)9-13-21(19,20)17-11-4-5-12-17/h6H,1-5,7-13H2,(H,16,18). The van der Waals surface area contributed by atoms with E-state index < -0.39 is 10.0 Å². The van der Waals surface area contributed by atoms with Gasteiger partial charge in [-0.25, -0.2) is 12.7 Å². The molecule has 2 rings (SSSR count). The molecule has 6 heteroatoms. The Morgan fingerprint density at radius 3 is 2.62 bits per heavy atom. The number of hydrogen-bond acceptors (Lipinski definition) is 3. The van der Waals surface area contributed by atoms with Crippen molar-refractivity contribution in [2.75, 3.05) is 25.4 Å². The summed E-state index contributed by atoms with van der Waals surface area (Å²) in [5, 5.41) is 2.83. The maximum absolute atomic E-state index is 12.0. The van der Waals surface area contributed by atoms with E-state index in [-0.39, 0.29) is 18.1 Å². The summed E-state index contributed by atoms with van der Waals surface area (Å²) in [6.45, 7) is 1.84. The highest BCUT2D eigenvalue weighted by molar-refractivity contribution is 7.89. The van der Waals surface area contributed by atoms with Gasteiger partial charge in [0.25, 0.3) is 0 Å². The van der Waals surface area contributed by atoms with Crippen molar-refractivity contribution in [3.8, 4) is 0 Å². The Balaban J connectivity index is 1.64. The van der Waals surface area contributed by atoms with Crippen LogP contribution in [0.25, 0.3) is 0 Å². The van der Waals surface area contributed by atoms with Gasteiger partial charge in [0.05, 0.1) is 5.75 Å². The second kappa shape index (κ2) is 7.94. The number of hydrogen-bond donors (Lipinski definition) is 1. The van der Waals surface area contributed by atoms with Crippen LogP contribution >= 0.6 is 0 Å². The summed E-state index contributed by atoms with van der Waals surface area (Å²) in [4.78, 5) is 11.7. The molecule has 120 valence electrons. The molecule has 21 heavy (non-hydrogen) atoms. The molecule has 0 saturated carbocycles. The topological polar surface area (TPSA) is 66.5 Å². The van der Waals surface area contributed by atoms with Crippen molar-refractivity contribution in [1.82, 2.24) is 9.62 Å². The van der Waals surface area contributed by atoms with Gasteiger partial charge in [0.1, 0.15) is 0 Å². The van der Waals surface area contributed by atoms with Crippen LogP contribution in [-0.4, -0.2) is 44.0 Å². The van der Waals surface area contributed by atoms with Gasteiger partial charge in [-0.1, -0.05) is 11.6 Å². The maximum atomic E-state index is 12.0. The van der Waals surface area contributed by atoms with Crippen molar-refractivity contribution in [2.24, 2.45) is 0 Å². The molecule has 1 heterocycles. The number of carbonyl (C=O) groups excluding carboxylic acids is 1. The predicted molar refractivity (Wildman–Crippen MR) is 83.4 cm³/mol. The molecule has 1 aliphatic carbocycles. The van der Waals surface area contributed by atoms with E-state index in [1.165, 1.54) is 22.7 Å². The summed E-state index contributed by atoms with van der Waals surface area (Å²) in [5.74, 6) is -0.226. The normalized spacial score (nSPS) is 20.3. The molecule has 0 atom stereocenters. The first-order valence-electron chi connectivity index (χ1n) is 8.00. The molecule has 5 nitrogen and oxygen atoms in total. The Morgan fingerprint density at radius 2 is 1.95 bits per heavy atom. The summed E-state index contributed by atoms with van der Waals surface area (Å²) in [5.41, 5.74) is 1.42. The lowest BCUT2D eigenvalue weighted by Gasteiger charge is -2.15. The van der Waals surface area contributed by atoms with Crippen LogP contribution in [0.5, 0.6) is 0 Å². The van der Waals surface area contributed by atoms with Crippen LogP contribution in [0.15, 0.2) is 11.6 Å². The molecule has 0 bridgehead atoms. The highest BCUT2D eigenvalue weighted by Crippen LogP contribution is 2.19. The van der Waals surface area contributed by atoms with Gasteiger partial charge < -0.3 is 5.32 Å². The van der Waals surface area contributed by atoms with Gasteiger partial charge in [-0.3, -0.25) is 4.79 Å². The molecule has 1 fully saturated rings. The monoisotopic (exact) mass is 314 g/mol. The third-order valence-electron chi connectivity index (χ3n) is 4.20. The maximum Gasteiger partial charge on any atom is 0.221 e. The number of sulfonamides is 1. The Hall–Kier alpha value is -0.880.